The highest BCUT2D eigenvalue weighted by Gasteiger charge is 2.38. The predicted molar refractivity (Wildman–Crippen MR) is 78.2 cm³/mol. The molecule has 0 atom stereocenters. The lowest BCUT2D eigenvalue weighted by atomic mass is 9.70. The molecule has 1 aliphatic carbocycles. The molecular formula is C15H29F3N2O. The van der Waals surface area contributed by atoms with Gasteiger partial charge in [-0.15, -0.1) is 0 Å². The van der Waals surface area contributed by atoms with Gasteiger partial charge in [0.25, 0.3) is 0 Å². The van der Waals surface area contributed by atoms with Gasteiger partial charge in [0.05, 0.1) is 13.2 Å². The molecule has 0 bridgehead atoms. The van der Waals surface area contributed by atoms with E-state index in [-0.39, 0.29) is 18.6 Å². The predicted octanol–water partition coefficient (Wildman–Crippen LogP) is 2.65. The van der Waals surface area contributed by atoms with Crippen molar-refractivity contribution in [2.45, 2.75) is 45.7 Å². The maximum atomic E-state index is 12.7. The minimum atomic E-state index is -4.21. The molecule has 21 heavy (non-hydrogen) atoms. The largest absolute Gasteiger partial charge is 0.401 e. The minimum Gasteiger partial charge on any atom is -0.395 e. The molecule has 0 heterocycles. The Morgan fingerprint density at radius 1 is 1.29 bits per heavy atom. The first-order valence-corrected chi connectivity index (χ1v) is 7.91. The van der Waals surface area contributed by atoms with Gasteiger partial charge < -0.3 is 10.4 Å². The second kappa shape index (κ2) is 8.34. The highest BCUT2D eigenvalue weighted by Crippen LogP contribution is 2.39. The number of halogens is 3. The average molecular weight is 310 g/mol. The first-order chi connectivity index (χ1) is 9.80. The molecule has 0 amide bonds. The molecule has 2 N–H and O–H groups in total. The summed E-state index contributed by atoms with van der Waals surface area (Å²) in [4.78, 5) is 1.37. The molecule has 0 unspecified atom stereocenters. The SMILES string of the molecule is CCNCC1(CN(CCO)CC(F)(F)F)CCC(C)CC1. The van der Waals surface area contributed by atoms with Crippen molar-refractivity contribution in [2.24, 2.45) is 11.3 Å². The van der Waals surface area contributed by atoms with Crippen LogP contribution in [-0.4, -0.2) is 55.5 Å². The van der Waals surface area contributed by atoms with Gasteiger partial charge in [-0.1, -0.05) is 26.7 Å². The van der Waals surface area contributed by atoms with Crippen molar-refractivity contribution in [3.63, 3.8) is 0 Å². The first kappa shape index (κ1) is 18.7. The van der Waals surface area contributed by atoms with Crippen LogP contribution in [0.1, 0.15) is 39.5 Å². The summed E-state index contributed by atoms with van der Waals surface area (Å²) in [7, 11) is 0. The third-order valence-electron chi connectivity index (χ3n) is 4.46. The third kappa shape index (κ3) is 6.98. The molecule has 0 spiro atoms. The van der Waals surface area contributed by atoms with E-state index in [4.69, 9.17) is 5.11 Å². The van der Waals surface area contributed by atoms with Crippen LogP contribution in [0.5, 0.6) is 0 Å². The molecule has 0 aromatic heterocycles. The molecule has 0 aliphatic heterocycles. The number of rotatable bonds is 8. The van der Waals surface area contributed by atoms with Crippen molar-refractivity contribution in [3.8, 4) is 0 Å². The summed E-state index contributed by atoms with van der Waals surface area (Å²) in [5.41, 5.74) is -0.0943. The lowest BCUT2D eigenvalue weighted by Crippen LogP contribution is -2.49. The van der Waals surface area contributed by atoms with Gasteiger partial charge in [-0.2, -0.15) is 13.2 Å². The number of hydrogen-bond donors (Lipinski definition) is 2. The molecule has 6 heteroatoms. The average Bonchev–Trinajstić information content (AvgIpc) is 2.38. The van der Waals surface area contributed by atoms with Crippen LogP contribution in [0.15, 0.2) is 0 Å². The molecule has 1 aliphatic rings. The van der Waals surface area contributed by atoms with E-state index in [2.05, 4.69) is 12.2 Å². The molecule has 1 saturated carbocycles. The van der Waals surface area contributed by atoms with Crippen LogP contribution in [0.25, 0.3) is 0 Å². The van der Waals surface area contributed by atoms with Gasteiger partial charge in [-0.25, -0.2) is 0 Å². The zero-order valence-corrected chi connectivity index (χ0v) is 13.2. The van der Waals surface area contributed by atoms with Crippen molar-refractivity contribution >= 4 is 0 Å². The summed E-state index contributed by atoms with van der Waals surface area (Å²) in [6.45, 7) is 5.14. The molecule has 3 nitrogen and oxygen atoms in total. The number of nitrogens with zero attached hydrogens (tertiary/aromatic N) is 1. The minimum absolute atomic E-state index is 0.0862. The standard InChI is InChI=1S/C15H29F3N2O/c1-3-19-10-14(6-4-13(2)5-7-14)11-20(8-9-21)12-15(16,17)18/h13,19,21H,3-12H2,1-2H3. The molecule has 1 fully saturated rings. The van der Waals surface area contributed by atoms with Crippen LogP contribution in [0.3, 0.4) is 0 Å². The van der Waals surface area contributed by atoms with E-state index in [0.717, 1.165) is 38.8 Å². The molecule has 126 valence electrons. The molecule has 0 radical (unpaired) electrons. The van der Waals surface area contributed by atoms with Crippen LogP contribution < -0.4 is 5.32 Å². The van der Waals surface area contributed by atoms with Gasteiger partial charge in [-0.05, 0) is 30.7 Å². The van der Waals surface area contributed by atoms with E-state index in [1.807, 2.05) is 6.92 Å². The van der Waals surface area contributed by atoms with Crippen molar-refractivity contribution in [1.29, 1.82) is 0 Å². The van der Waals surface area contributed by atoms with Gasteiger partial charge in [-0.3, -0.25) is 4.90 Å². The van der Waals surface area contributed by atoms with E-state index in [1.165, 1.54) is 4.90 Å². The normalized spacial score (nSPS) is 27.3. The fraction of sp³-hybridized carbons (Fsp3) is 1.00. The maximum Gasteiger partial charge on any atom is 0.401 e. The van der Waals surface area contributed by atoms with Crippen molar-refractivity contribution in [1.82, 2.24) is 10.2 Å². The van der Waals surface area contributed by atoms with E-state index < -0.39 is 12.7 Å². The topological polar surface area (TPSA) is 35.5 Å². The summed E-state index contributed by atoms with van der Waals surface area (Å²) < 4.78 is 38.0. The van der Waals surface area contributed by atoms with E-state index in [0.29, 0.717) is 12.5 Å². The Hall–Kier alpha value is -0.330. The Balaban J connectivity index is 2.71. The van der Waals surface area contributed by atoms with Gasteiger partial charge in [0.2, 0.25) is 0 Å². The van der Waals surface area contributed by atoms with Crippen molar-refractivity contribution in [3.05, 3.63) is 0 Å². The summed E-state index contributed by atoms with van der Waals surface area (Å²) >= 11 is 0. The summed E-state index contributed by atoms with van der Waals surface area (Å²) in [5.74, 6) is 0.661. The van der Waals surface area contributed by atoms with Gasteiger partial charge in [0.1, 0.15) is 0 Å². The number of nitrogens with one attached hydrogen (secondary N) is 1. The lowest BCUT2D eigenvalue weighted by Gasteiger charge is -2.43. The highest BCUT2D eigenvalue weighted by molar-refractivity contribution is 4.89. The number of alkyl halides is 3. The van der Waals surface area contributed by atoms with Gasteiger partial charge in [0.15, 0.2) is 0 Å². The van der Waals surface area contributed by atoms with Crippen LogP contribution in [0.2, 0.25) is 0 Å². The van der Waals surface area contributed by atoms with Crippen LogP contribution >= 0.6 is 0 Å². The van der Waals surface area contributed by atoms with Crippen LogP contribution in [0.4, 0.5) is 13.2 Å². The smallest absolute Gasteiger partial charge is 0.395 e. The van der Waals surface area contributed by atoms with Gasteiger partial charge >= 0.3 is 6.18 Å². The van der Waals surface area contributed by atoms with Crippen molar-refractivity contribution in [2.75, 3.05) is 39.3 Å². The Bertz CT molecular complexity index is 284. The molecule has 0 saturated heterocycles. The number of aliphatic hydroxyl groups is 1. The second-order valence-corrected chi connectivity index (χ2v) is 6.51. The Morgan fingerprint density at radius 3 is 2.38 bits per heavy atom. The van der Waals surface area contributed by atoms with Gasteiger partial charge in [0, 0.05) is 19.6 Å². The van der Waals surface area contributed by atoms with E-state index in [1.54, 1.807) is 0 Å². The number of hydrogen-bond acceptors (Lipinski definition) is 3. The third-order valence-corrected chi connectivity index (χ3v) is 4.46. The Labute approximate surface area is 125 Å². The summed E-state index contributed by atoms with van der Waals surface area (Å²) in [6, 6.07) is 0. The number of aliphatic hydroxyl groups excluding tert-OH is 1. The van der Waals surface area contributed by atoms with E-state index >= 15 is 0 Å². The highest BCUT2D eigenvalue weighted by atomic mass is 19.4. The lowest BCUT2D eigenvalue weighted by molar-refractivity contribution is -0.151. The van der Waals surface area contributed by atoms with E-state index in [9.17, 15) is 13.2 Å². The van der Waals surface area contributed by atoms with Crippen LogP contribution in [-0.2, 0) is 0 Å². The van der Waals surface area contributed by atoms with Crippen LogP contribution in [0, 0.1) is 11.3 Å². The molecule has 1 rings (SSSR count). The molecular weight excluding hydrogens is 281 g/mol. The van der Waals surface area contributed by atoms with Crippen molar-refractivity contribution < 1.29 is 18.3 Å². The fourth-order valence-electron chi connectivity index (χ4n) is 3.24. The first-order valence-electron chi connectivity index (χ1n) is 7.91. The fourth-order valence-corrected chi connectivity index (χ4v) is 3.24. The molecule has 0 aromatic carbocycles. The second-order valence-electron chi connectivity index (χ2n) is 6.51. The zero-order chi connectivity index (χ0) is 15.9. The molecule has 0 aromatic rings. The maximum absolute atomic E-state index is 12.7. The Kier molecular flexibility index (Phi) is 7.44. The zero-order valence-electron chi connectivity index (χ0n) is 13.2. The Morgan fingerprint density at radius 2 is 1.90 bits per heavy atom. The summed E-state index contributed by atoms with van der Waals surface area (Å²) in [5, 5.41) is 12.4. The monoisotopic (exact) mass is 310 g/mol. The quantitative estimate of drug-likeness (QED) is 0.723. The summed E-state index contributed by atoms with van der Waals surface area (Å²) in [6.07, 6.45) is -0.146.